The van der Waals surface area contributed by atoms with E-state index in [1.807, 2.05) is 49.4 Å². The van der Waals surface area contributed by atoms with Crippen LogP contribution in [0.3, 0.4) is 0 Å². The topological polar surface area (TPSA) is 61.6 Å². The molecule has 0 saturated heterocycles. The maximum Gasteiger partial charge on any atom is 0.102 e. The van der Waals surface area contributed by atoms with Crippen molar-refractivity contribution in [1.82, 2.24) is 9.97 Å². The standard InChI is InChI=1S/C17H14N4/c1-12-5-4-8-15(14(12)9-18)19-10-13-11-20-16-6-2-3-7-17(16)21-13/h2-8,11,19H,10H2,1H3. The predicted octanol–water partition coefficient (Wildman–Crippen LogP) is 3.42. The Bertz CT molecular complexity index is 834. The number of nitrogens with zero attached hydrogens (tertiary/aromatic N) is 3. The summed E-state index contributed by atoms with van der Waals surface area (Å²) in [4.78, 5) is 8.95. The van der Waals surface area contributed by atoms with Crippen molar-refractivity contribution in [3.63, 3.8) is 0 Å². The van der Waals surface area contributed by atoms with E-state index in [2.05, 4.69) is 21.4 Å². The lowest BCUT2D eigenvalue weighted by Crippen LogP contribution is -2.04. The number of aromatic nitrogens is 2. The molecule has 1 aromatic heterocycles. The van der Waals surface area contributed by atoms with Gasteiger partial charge < -0.3 is 5.32 Å². The van der Waals surface area contributed by atoms with Crippen molar-refractivity contribution in [2.75, 3.05) is 5.32 Å². The lowest BCUT2D eigenvalue weighted by Gasteiger charge is -2.09. The molecule has 0 aliphatic rings. The molecular formula is C17H14N4. The van der Waals surface area contributed by atoms with Crippen LogP contribution in [0.25, 0.3) is 11.0 Å². The number of fused-ring (bicyclic) bond motifs is 1. The van der Waals surface area contributed by atoms with E-state index in [9.17, 15) is 5.26 Å². The van der Waals surface area contributed by atoms with Gasteiger partial charge in [0, 0.05) is 0 Å². The molecule has 0 bridgehead atoms. The molecule has 0 unspecified atom stereocenters. The van der Waals surface area contributed by atoms with Gasteiger partial charge in [-0.2, -0.15) is 5.26 Å². The van der Waals surface area contributed by atoms with Crippen LogP contribution in [0.4, 0.5) is 5.69 Å². The molecule has 0 atom stereocenters. The third-order valence-corrected chi connectivity index (χ3v) is 3.34. The maximum absolute atomic E-state index is 9.22. The van der Waals surface area contributed by atoms with Crippen molar-refractivity contribution in [2.24, 2.45) is 0 Å². The summed E-state index contributed by atoms with van der Waals surface area (Å²) in [5, 5.41) is 12.5. The average Bonchev–Trinajstić information content (AvgIpc) is 2.52. The van der Waals surface area contributed by atoms with E-state index in [1.165, 1.54) is 0 Å². The highest BCUT2D eigenvalue weighted by molar-refractivity contribution is 5.73. The largest absolute Gasteiger partial charge is 0.378 e. The van der Waals surface area contributed by atoms with Crippen molar-refractivity contribution in [2.45, 2.75) is 13.5 Å². The van der Waals surface area contributed by atoms with Gasteiger partial charge in [-0.05, 0) is 30.7 Å². The summed E-state index contributed by atoms with van der Waals surface area (Å²) in [6.07, 6.45) is 1.76. The van der Waals surface area contributed by atoms with Crippen molar-refractivity contribution in [1.29, 1.82) is 5.26 Å². The lowest BCUT2D eigenvalue weighted by atomic mass is 10.1. The molecule has 4 nitrogen and oxygen atoms in total. The highest BCUT2D eigenvalue weighted by Crippen LogP contribution is 2.19. The Hall–Kier alpha value is -2.93. The quantitative estimate of drug-likeness (QED) is 0.795. The molecule has 0 fully saturated rings. The van der Waals surface area contributed by atoms with E-state index in [1.54, 1.807) is 6.20 Å². The second-order valence-corrected chi connectivity index (χ2v) is 4.81. The maximum atomic E-state index is 9.22. The fraction of sp³-hybridized carbons (Fsp3) is 0.118. The molecule has 4 heteroatoms. The van der Waals surface area contributed by atoms with Gasteiger partial charge >= 0.3 is 0 Å². The number of aryl methyl sites for hydroxylation is 1. The smallest absolute Gasteiger partial charge is 0.102 e. The first-order chi connectivity index (χ1) is 10.3. The van der Waals surface area contributed by atoms with E-state index in [0.717, 1.165) is 28.0 Å². The highest BCUT2D eigenvalue weighted by atomic mass is 14.9. The van der Waals surface area contributed by atoms with Crippen LogP contribution < -0.4 is 5.32 Å². The molecule has 0 aliphatic heterocycles. The van der Waals surface area contributed by atoms with Gasteiger partial charge in [-0.15, -0.1) is 0 Å². The molecule has 3 rings (SSSR count). The molecule has 1 N–H and O–H groups in total. The number of benzene rings is 2. The Morgan fingerprint density at radius 1 is 1.10 bits per heavy atom. The summed E-state index contributed by atoms with van der Waals surface area (Å²) >= 11 is 0. The zero-order chi connectivity index (χ0) is 14.7. The Balaban J connectivity index is 1.84. The van der Waals surface area contributed by atoms with Gasteiger partial charge in [-0.25, -0.2) is 4.98 Å². The van der Waals surface area contributed by atoms with E-state index in [0.29, 0.717) is 12.1 Å². The minimum Gasteiger partial charge on any atom is -0.378 e. The zero-order valence-corrected chi connectivity index (χ0v) is 11.7. The van der Waals surface area contributed by atoms with Crippen LogP contribution in [-0.2, 0) is 6.54 Å². The number of para-hydroxylation sites is 2. The minimum absolute atomic E-state index is 0.538. The second-order valence-electron chi connectivity index (χ2n) is 4.81. The van der Waals surface area contributed by atoms with Gasteiger partial charge in [-0.1, -0.05) is 24.3 Å². The van der Waals surface area contributed by atoms with Gasteiger partial charge in [0.05, 0.1) is 40.7 Å². The Kier molecular flexibility index (Phi) is 3.48. The molecule has 0 amide bonds. The first-order valence-electron chi connectivity index (χ1n) is 6.72. The lowest BCUT2D eigenvalue weighted by molar-refractivity contribution is 1.04. The third-order valence-electron chi connectivity index (χ3n) is 3.34. The second kappa shape index (κ2) is 5.59. The van der Waals surface area contributed by atoms with E-state index >= 15 is 0 Å². The molecular weight excluding hydrogens is 260 g/mol. The summed E-state index contributed by atoms with van der Waals surface area (Å²) < 4.78 is 0. The molecule has 102 valence electrons. The summed E-state index contributed by atoms with van der Waals surface area (Å²) in [7, 11) is 0. The van der Waals surface area contributed by atoms with Gasteiger partial charge in [0.15, 0.2) is 0 Å². The summed E-state index contributed by atoms with van der Waals surface area (Å²) in [5.41, 5.74) is 5.07. The number of nitriles is 1. The van der Waals surface area contributed by atoms with Gasteiger partial charge in [-0.3, -0.25) is 4.98 Å². The molecule has 3 aromatic rings. The van der Waals surface area contributed by atoms with E-state index in [-0.39, 0.29) is 0 Å². The number of hydrogen-bond acceptors (Lipinski definition) is 4. The van der Waals surface area contributed by atoms with Gasteiger partial charge in [0.25, 0.3) is 0 Å². The van der Waals surface area contributed by atoms with Crippen LogP contribution >= 0.6 is 0 Å². The Morgan fingerprint density at radius 2 is 1.90 bits per heavy atom. The normalized spacial score (nSPS) is 10.3. The van der Waals surface area contributed by atoms with Gasteiger partial charge in [0.2, 0.25) is 0 Å². The van der Waals surface area contributed by atoms with Crippen LogP contribution in [0.2, 0.25) is 0 Å². The predicted molar refractivity (Wildman–Crippen MR) is 82.8 cm³/mol. The Morgan fingerprint density at radius 3 is 2.71 bits per heavy atom. The minimum atomic E-state index is 0.538. The SMILES string of the molecule is Cc1cccc(NCc2cnc3ccccc3n2)c1C#N. The van der Waals surface area contributed by atoms with Crippen molar-refractivity contribution < 1.29 is 0 Å². The third kappa shape index (κ3) is 2.67. The molecule has 0 radical (unpaired) electrons. The van der Waals surface area contributed by atoms with Crippen molar-refractivity contribution in [3.05, 3.63) is 65.5 Å². The average molecular weight is 274 g/mol. The first-order valence-corrected chi connectivity index (χ1v) is 6.72. The fourth-order valence-corrected chi connectivity index (χ4v) is 2.23. The Labute approximate surface area is 123 Å². The van der Waals surface area contributed by atoms with Crippen LogP contribution in [0, 0.1) is 18.3 Å². The van der Waals surface area contributed by atoms with Crippen molar-refractivity contribution >= 4 is 16.7 Å². The summed E-state index contributed by atoms with van der Waals surface area (Å²) in [6.45, 7) is 2.47. The molecule has 21 heavy (non-hydrogen) atoms. The molecule has 0 saturated carbocycles. The fourth-order valence-electron chi connectivity index (χ4n) is 2.23. The van der Waals surface area contributed by atoms with Gasteiger partial charge in [0.1, 0.15) is 6.07 Å². The first kappa shape index (κ1) is 13.1. The van der Waals surface area contributed by atoms with E-state index in [4.69, 9.17) is 0 Å². The van der Waals surface area contributed by atoms with Crippen molar-refractivity contribution in [3.8, 4) is 6.07 Å². The summed E-state index contributed by atoms with van der Waals surface area (Å²) in [6, 6.07) is 15.8. The van der Waals surface area contributed by atoms with Crippen LogP contribution in [0.5, 0.6) is 0 Å². The van der Waals surface area contributed by atoms with Crippen LogP contribution in [0.15, 0.2) is 48.7 Å². The monoisotopic (exact) mass is 274 g/mol. The van der Waals surface area contributed by atoms with E-state index < -0.39 is 0 Å². The van der Waals surface area contributed by atoms with Crippen LogP contribution in [0.1, 0.15) is 16.8 Å². The molecule has 2 aromatic carbocycles. The number of hydrogen-bond donors (Lipinski definition) is 1. The number of anilines is 1. The molecule has 0 spiro atoms. The number of nitrogens with one attached hydrogen (secondary N) is 1. The molecule has 1 heterocycles. The summed E-state index contributed by atoms with van der Waals surface area (Å²) in [5.74, 6) is 0. The highest BCUT2D eigenvalue weighted by Gasteiger charge is 2.05. The van der Waals surface area contributed by atoms with Crippen LogP contribution in [-0.4, -0.2) is 9.97 Å². The zero-order valence-electron chi connectivity index (χ0n) is 11.7. The molecule has 0 aliphatic carbocycles. The number of rotatable bonds is 3.